The SMILES string of the molecule is COc1nc(N[C@H]2CCN(C3(C)COC3)C[C@H]2F)nn2ccc(-c3ccc4nnn(CC(F)(F)F)c4c3)c12. The van der Waals surface area contributed by atoms with Gasteiger partial charge in [0.25, 0.3) is 0 Å². The smallest absolute Gasteiger partial charge is 0.408 e. The summed E-state index contributed by atoms with van der Waals surface area (Å²) in [6.07, 6.45) is -3.27. The lowest BCUT2D eigenvalue weighted by Gasteiger charge is -2.50. The van der Waals surface area contributed by atoms with E-state index in [1.807, 2.05) is 0 Å². The fourth-order valence-electron chi connectivity index (χ4n) is 5.15. The van der Waals surface area contributed by atoms with Crippen LogP contribution in [0.15, 0.2) is 30.5 Å². The van der Waals surface area contributed by atoms with Crippen LogP contribution in [0.5, 0.6) is 5.88 Å². The molecule has 6 rings (SSSR count). The number of nitrogens with zero attached hydrogens (tertiary/aromatic N) is 7. The number of piperidine rings is 1. The van der Waals surface area contributed by atoms with Gasteiger partial charge in [-0.15, -0.1) is 10.2 Å². The normalized spacial score (nSPS) is 22.1. The third-order valence-electron chi connectivity index (χ3n) is 7.27. The van der Waals surface area contributed by atoms with Gasteiger partial charge < -0.3 is 14.8 Å². The minimum Gasteiger partial charge on any atom is -0.479 e. The molecule has 1 aromatic carbocycles. The molecule has 5 heterocycles. The standard InChI is InChI=1S/C24H26F4N8O2/c1-23(12-38-13-23)34-7-6-17(16(25)10-34)29-22-30-21(37-2)20-15(5-8-35(20)32-22)14-3-4-18-19(9-14)36(33-31-18)11-24(26,27)28/h3-5,8-9,16-17H,6-7,10-13H2,1-2H3,(H,29,32)/t16-,17+/m1/s1. The van der Waals surface area contributed by atoms with Crippen molar-refractivity contribution in [3.8, 4) is 17.0 Å². The summed E-state index contributed by atoms with van der Waals surface area (Å²) in [6, 6.07) is 6.26. The average Bonchev–Trinajstić information content (AvgIpc) is 3.46. The number of methoxy groups -OCH3 is 1. The Balaban J connectivity index is 1.28. The molecule has 0 saturated carbocycles. The zero-order valence-electron chi connectivity index (χ0n) is 20.7. The zero-order chi connectivity index (χ0) is 26.7. The number of alkyl halides is 4. The molecule has 0 unspecified atom stereocenters. The van der Waals surface area contributed by atoms with E-state index in [1.165, 1.54) is 7.11 Å². The highest BCUT2D eigenvalue weighted by Gasteiger charge is 2.43. The van der Waals surface area contributed by atoms with E-state index in [4.69, 9.17) is 9.47 Å². The molecule has 3 aromatic heterocycles. The molecule has 202 valence electrons. The number of nitrogens with one attached hydrogen (secondary N) is 1. The number of likely N-dealkylation sites (tertiary alicyclic amines) is 1. The van der Waals surface area contributed by atoms with Crippen LogP contribution in [0.25, 0.3) is 27.7 Å². The molecule has 2 atom stereocenters. The van der Waals surface area contributed by atoms with Crippen molar-refractivity contribution in [1.29, 1.82) is 0 Å². The second-order valence-corrected chi connectivity index (χ2v) is 10.0. The first kappa shape index (κ1) is 24.8. The van der Waals surface area contributed by atoms with Crippen LogP contribution in [0.2, 0.25) is 0 Å². The summed E-state index contributed by atoms with van der Waals surface area (Å²) < 4.78 is 67.3. The summed E-state index contributed by atoms with van der Waals surface area (Å²) in [5.41, 5.74) is 2.29. The lowest BCUT2D eigenvalue weighted by atomic mass is 9.92. The maximum atomic E-state index is 15.1. The Morgan fingerprint density at radius 1 is 1.24 bits per heavy atom. The summed E-state index contributed by atoms with van der Waals surface area (Å²) >= 11 is 0. The number of rotatable bonds is 6. The van der Waals surface area contributed by atoms with Crippen LogP contribution in [-0.2, 0) is 11.3 Å². The Kier molecular flexibility index (Phi) is 5.90. The van der Waals surface area contributed by atoms with Gasteiger partial charge in [-0.1, -0.05) is 11.3 Å². The first-order valence-corrected chi connectivity index (χ1v) is 12.2. The largest absolute Gasteiger partial charge is 0.479 e. The average molecular weight is 535 g/mol. The number of ether oxygens (including phenoxy) is 2. The van der Waals surface area contributed by atoms with Crippen LogP contribution in [0.4, 0.5) is 23.5 Å². The van der Waals surface area contributed by atoms with Crippen molar-refractivity contribution in [2.24, 2.45) is 0 Å². The van der Waals surface area contributed by atoms with Gasteiger partial charge in [0.05, 0.1) is 37.4 Å². The van der Waals surface area contributed by atoms with Crippen molar-refractivity contribution in [2.75, 3.05) is 38.7 Å². The van der Waals surface area contributed by atoms with Crippen molar-refractivity contribution in [2.45, 2.75) is 43.8 Å². The number of benzene rings is 1. The van der Waals surface area contributed by atoms with Gasteiger partial charge in [-0.2, -0.15) is 18.2 Å². The van der Waals surface area contributed by atoms with Gasteiger partial charge in [-0.25, -0.2) is 13.6 Å². The van der Waals surface area contributed by atoms with E-state index < -0.39 is 24.9 Å². The van der Waals surface area contributed by atoms with Crippen molar-refractivity contribution in [3.05, 3.63) is 30.5 Å². The second kappa shape index (κ2) is 9.05. The Morgan fingerprint density at radius 2 is 2.05 bits per heavy atom. The molecule has 0 bridgehead atoms. The summed E-state index contributed by atoms with van der Waals surface area (Å²) in [5.74, 6) is 0.468. The monoisotopic (exact) mass is 534 g/mol. The zero-order valence-corrected chi connectivity index (χ0v) is 20.7. The molecule has 38 heavy (non-hydrogen) atoms. The minimum absolute atomic E-state index is 0.112. The molecule has 0 aliphatic carbocycles. The summed E-state index contributed by atoms with van der Waals surface area (Å²) in [5, 5.41) is 15.1. The molecule has 2 aliphatic heterocycles. The topological polar surface area (TPSA) is 94.6 Å². The van der Waals surface area contributed by atoms with Crippen LogP contribution in [0.3, 0.4) is 0 Å². The number of halogens is 4. The van der Waals surface area contributed by atoms with Gasteiger partial charge in [-0.3, -0.25) is 4.90 Å². The molecule has 10 nitrogen and oxygen atoms in total. The third-order valence-corrected chi connectivity index (χ3v) is 7.27. The summed E-state index contributed by atoms with van der Waals surface area (Å²) in [7, 11) is 1.46. The van der Waals surface area contributed by atoms with Gasteiger partial charge in [0.2, 0.25) is 11.8 Å². The molecule has 0 spiro atoms. The molecule has 2 fully saturated rings. The number of aromatic nitrogens is 6. The highest BCUT2D eigenvalue weighted by molar-refractivity contribution is 5.89. The number of hydrogen-bond acceptors (Lipinski definition) is 8. The summed E-state index contributed by atoms with van der Waals surface area (Å²) in [6.45, 7) is 3.09. The Morgan fingerprint density at radius 3 is 2.74 bits per heavy atom. The molecule has 0 amide bonds. The van der Waals surface area contributed by atoms with Gasteiger partial charge in [0, 0.05) is 24.8 Å². The van der Waals surface area contributed by atoms with Crippen molar-refractivity contribution < 1.29 is 27.0 Å². The number of hydrogen-bond donors (Lipinski definition) is 1. The van der Waals surface area contributed by atoms with E-state index in [0.717, 1.165) is 11.2 Å². The van der Waals surface area contributed by atoms with Gasteiger partial charge in [-0.05, 0) is 37.1 Å². The van der Waals surface area contributed by atoms with Crippen LogP contribution < -0.4 is 10.1 Å². The number of fused-ring (bicyclic) bond motifs is 2. The number of anilines is 1. The predicted molar refractivity (Wildman–Crippen MR) is 130 cm³/mol. The molecule has 1 N–H and O–H groups in total. The fraction of sp³-hybridized carbons (Fsp3) is 0.500. The highest BCUT2D eigenvalue weighted by Crippen LogP contribution is 2.34. The van der Waals surface area contributed by atoms with E-state index in [-0.39, 0.29) is 22.9 Å². The predicted octanol–water partition coefficient (Wildman–Crippen LogP) is 3.33. The Labute approximate surface area is 214 Å². The second-order valence-electron chi connectivity index (χ2n) is 10.0. The van der Waals surface area contributed by atoms with Gasteiger partial charge in [0.1, 0.15) is 23.7 Å². The lowest BCUT2D eigenvalue weighted by molar-refractivity contribution is -0.142. The molecule has 0 radical (unpaired) electrons. The third kappa shape index (κ3) is 4.41. The lowest BCUT2D eigenvalue weighted by Crippen LogP contribution is -2.64. The molecular formula is C24H26F4N8O2. The minimum atomic E-state index is -4.43. The van der Waals surface area contributed by atoms with E-state index in [9.17, 15) is 13.2 Å². The highest BCUT2D eigenvalue weighted by atomic mass is 19.4. The van der Waals surface area contributed by atoms with E-state index in [1.54, 1.807) is 35.0 Å². The van der Waals surface area contributed by atoms with Crippen LogP contribution >= 0.6 is 0 Å². The molecular weight excluding hydrogens is 508 g/mol. The summed E-state index contributed by atoms with van der Waals surface area (Å²) in [4.78, 5) is 6.61. The van der Waals surface area contributed by atoms with Crippen molar-refractivity contribution in [3.63, 3.8) is 0 Å². The van der Waals surface area contributed by atoms with Gasteiger partial charge in [0.15, 0.2) is 0 Å². The van der Waals surface area contributed by atoms with Crippen molar-refractivity contribution >= 4 is 22.5 Å². The molecule has 4 aromatic rings. The van der Waals surface area contributed by atoms with E-state index in [2.05, 4.69) is 37.5 Å². The Bertz CT molecular complexity index is 1480. The van der Waals surface area contributed by atoms with E-state index in [0.29, 0.717) is 48.3 Å². The molecule has 14 heteroatoms. The van der Waals surface area contributed by atoms with Crippen LogP contribution in [0.1, 0.15) is 13.3 Å². The quantitative estimate of drug-likeness (QED) is 0.377. The van der Waals surface area contributed by atoms with Crippen LogP contribution in [-0.4, -0.2) is 91.8 Å². The molecule has 2 saturated heterocycles. The first-order chi connectivity index (χ1) is 18.1. The molecule has 2 aliphatic rings. The van der Waals surface area contributed by atoms with Crippen molar-refractivity contribution in [1.82, 2.24) is 34.5 Å². The van der Waals surface area contributed by atoms with Gasteiger partial charge >= 0.3 is 6.18 Å². The fourth-order valence-corrected chi connectivity index (χ4v) is 5.15. The van der Waals surface area contributed by atoms with E-state index >= 15 is 4.39 Å². The maximum absolute atomic E-state index is 15.1. The Hall–Kier alpha value is -3.52. The maximum Gasteiger partial charge on any atom is 0.408 e. The first-order valence-electron chi connectivity index (χ1n) is 12.2. The van der Waals surface area contributed by atoms with Crippen LogP contribution in [0, 0.1) is 0 Å².